The second-order valence-electron chi connectivity index (χ2n) is 8.71. The van der Waals surface area contributed by atoms with Gasteiger partial charge in [-0.25, -0.2) is 18.7 Å². The van der Waals surface area contributed by atoms with Crippen LogP contribution >= 0.6 is 0 Å². The van der Waals surface area contributed by atoms with E-state index in [4.69, 9.17) is 20.2 Å². The Balaban J connectivity index is 1.43. The third kappa shape index (κ3) is 4.67. The van der Waals surface area contributed by atoms with Crippen LogP contribution in [0.5, 0.6) is 11.5 Å². The van der Waals surface area contributed by atoms with Gasteiger partial charge in [0.1, 0.15) is 34.9 Å². The lowest BCUT2D eigenvalue weighted by molar-refractivity contribution is 0.215. The highest BCUT2D eigenvalue weighted by atomic mass is 19.1. The Bertz CT molecular complexity index is 1390. The maximum absolute atomic E-state index is 14.2. The minimum Gasteiger partial charge on any atom is -0.489 e. The van der Waals surface area contributed by atoms with Crippen LogP contribution in [0.25, 0.3) is 5.65 Å². The smallest absolute Gasteiger partial charge is 0.417 e. The summed E-state index contributed by atoms with van der Waals surface area (Å²) in [5.74, 6) is 1.42. The number of ether oxygens (including phenoxy) is 2. The van der Waals surface area contributed by atoms with Crippen molar-refractivity contribution in [2.24, 2.45) is 5.73 Å². The molecule has 0 saturated carbocycles. The number of halogens is 1. The van der Waals surface area contributed by atoms with E-state index in [1.165, 1.54) is 18.3 Å². The van der Waals surface area contributed by atoms with E-state index in [-0.39, 0.29) is 18.0 Å². The van der Waals surface area contributed by atoms with Crippen molar-refractivity contribution < 1.29 is 18.7 Å². The highest BCUT2D eigenvalue weighted by Crippen LogP contribution is 2.38. The molecule has 0 fully saturated rings. The molecule has 0 saturated heterocycles. The van der Waals surface area contributed by atoms with Gasteiger partial charge in [-0.05, 0) is 50.6 Å². The van der Waals surface area contributed by atoms with Crippen LogP contribution in [-0.4, -0.2) is 39.9 Å². The predicted molar refractivity (Wildman–Crippen MR) is 134 cm³/mol. The minimum atomic E-state index is -0.640. The normalized spacial score (nSPS) is 14.4. The second kappa shape index (κ2) is 9.82. The van der Waals surface area contributed by atoms with Crippen LogP contribution < -0.4 is 25.4 Å². The molecule has 3 heterocycles. The summed E-state index contributed by atoms with van der Waals surface area (Å²) in [6.07, 6.45) is 3.34. The molecule has 1 amide bonds. The summed E-state index contributed by atoms with van der Waals surface area (Å²) in [5.41, 5.74) is 8.34. The van der Waals surface area contributed by atoms with E-state index in [9.17, 15) is 9.18 Å². The predicted octanol–water partition coefficient (Wildman–Crippen LogP) is 4.33. The minimum absolute atomic E-state index is 0.207. The van der Waals surface area contributed by atoms with E-state index in [0.29, 0.717) is 41.5 Å². The monoisotopic (exact) mass is 490 g/mol. The van der Waals surface area contributed by atoms with Gasteiger partial charge in [-0.15, -0.1) is 0 Å². The van der Waals surface area contributed by atoms with Gasteiger partial charge < -0.3 is 20.1 Å². The summed E-state index contributed by atoms with van der Waals surface area (Å²) >= 11 is 0. The fourth-order valence-corrected chi connectivity index (χ4v) is 4.29. The number of aromatic nitrogens is 3. The van der Waals surface area contributed by atoms with Gasteiger partial charge in [0.2, 0.25) is 0 Å². The Morgan fingerprint density at radius 2 is 2.03 bits per heavy atom. The number of para-hydroxylation sites is 1. The Morgan fingerprint density at radius 1 is 1.22 bits per heavy atom. The molecule has 1 aliphatic heterocycles. The lowest BCUT2D eigenvalue weighted by Gasteiger charge is -2.29. The quantitative estimate of drug-likeness (QED) is 0.397. The summed E-state index contributed by atoms with van der Waals surface area (Å²) in [7, 11) is 0. The fraction of sp³-hybridized carbons (Fsp3) is 0.269. The van der Waals surface area contributed by atoms with Crippen molar-refractivity contribution in [3.63, 3.8) is 0 Å². The van der Waals surface area contributed by atoms with Crippen LogP contribution in [-0.2, 0) is 6.42 Å². The first kappa shape index (κ1) is 23.6. The summed E-state index contributed by atoms with van der Waals surface area (Å²) in [4.78, 5) is 19.4. The average Bonchev–Trinajstić information content (AvgIpc) is 3.47. The van der Waals surface area contributed by atoms with Gasteiger partial charge in [0, 0.05) is 30.4 Å². The molecule has 10 heteroatoms. The van der Waals surface area contributed by atoms with E-state index in [1.807, 2.05) is 26.1 Å². The molecular formula is C26H27FN6O3. The zero-order chi connectivity index (χ0) is 25.2. The number of rotatable bonds is 7. The van der Waals surface area contributed by atoms with Crippen molar-refractivity contribution in [1.29, 1.82) is 0 Å². The van der Waals surface area contributed by atoms with E-state index in [2.05, 4.69) is 15.3 Å². The van der Waals surface area contributed by atoms with Crippen molar-refractivity contribution in [2.45, 2.75) is 32.4 Å². The zero-order valence-electron chi connectivity index (χ0n) is 20.0. The second-order valence-corrected chi connectivity index (χ2v) is 8.71. The summed E-state index contributed by atoms with van der Waals surface area (Å²) in [6.45, 7) is 4.90. The van der Waals surface area contributed by atoms with Gasteiger partial charge in [-0.1, -0.05) is 18.2 Å². The van der Waals surface area contributed by atoms with Crippen molar-refractivity contribution in [3.05, 3.63) is 77.9 Å². The number of nitrogens with two attached hydrogens (primary N) is 1. The number of anilines is 2. The molecule has 36 heavy (non-hydrogen) atoms. The fourth-order valence-electron chi connectivity index (χ4n) is 4.29. The standard InChI is InChI=1S/C26H27FN6O3/c1-16(13-28)35-23-9-8-19(27)12-21(23)17(2)32-11-10-18-15-33-25(31-24(18)32)22(14-29-33)30-26(34)36-20-6-4-3-5-7-20/h3-9,12,14-17H,10-11,13,28H2,1-2H3,(H,30,34)/t16-,17+/m0/s1. The maximum atomic E-state index is 14.2. The topological polar surface area (TPSA) is 107 Å². The van der Waals surface area contributed by atoms with E-state index >= 15 is 0 Å². The average molecular weight is 491 g/mol. The van der Waals surface area contributed by atoms with E-state index in [1.54, 1.807) is 34.8 Å². The van der Waals surface area contributed by atoms with E-state index < -0.39 is 6.09 Å². The zero-order valence-corrected chi connectivity index (χ0v) is 20.0. The van der Waals surface area contributed by atoms with E-state index in [0.717, 1.165) is 17.8 Å². The first-order chi connectivity index (χ1) is 17.4. The first-order valence-corrected chi connectivity index (χ1v) is 11.8. The van der Waals surface area contributed by atoms with Gasteiger partial charge in [-0.2, -0.15) is 5.10 Å². The molecule has 0 unspecified atom stereocenters. The highest BCUT2D eigenvalue weighted by Gasteiger charge is 2.29. The number of hydrogen-bond acceptors (Lipinski definition) is 7. The lowest BCUT2D eigenvalue weighted by Crippen LogP contribution is -2.28. The van der Waals surface area contributed by atoms with Crippen LogP contribution in [0.3, 0.4) is 0 Å². The van der Waals surface area contributed by atoms with Crippen molar-refractivity contribution >= 4 is 23.2 Å². The Labute approximate surface area is 207 Å². The molecule has 0 radical (unpaired) electrons. The number of carbonyl (C=O) groups excluding carboxylic acids is 1. The molecule has 2 atom stereocenters. The molecule has 2 aromatic heterocycles. The molecule has 0 aliphatic carbocycles. The number of fused-ring (bicyclic) bond motifs is 2. The molecule has 0 bridgehead atoms. The molecule has 0 spiro atoms. The Morgan fingerprint density at radius 3 is 2.81 bits per heavy atom. The van der Waals surface area contributed by atoms with Crippen molar-refractivity contribution in [1.82, 2.24) is 14.6 Å². The van der Waals surface area contributed by atoms with Crippen LogP contribution in [0.1, 0.15) is 31.0 Å². The lowest BCUT2D eigenvalue weighted by atomic mass is 10.1. The molecule has 9 nitrogen and oxygen atoms in total. The van der Waals surface area contributed by atoms with Crippen LogP contribution in [0.4, 0.5) is 20.7 Å². The van der Waals surface area contributed by atoms with Gasteiger partial charge in [0.15, 0.2) is 5.65 Å². The Kier molecular flexibility index (Phi) is 6.43. The van der Waals surface area contributed by atoms with Gasteiger partial charge >= 0.3 is 6.09 Å². The first-order valence-electron chi connectivity index (χ1n) is 11.8. The van der Waals surface area contributed by atoms with Crippen LogP contribution in [0.15, 0.2) is 60.9 Å². The summed E-state index contributed by atoms with van der Waals surface area (Å²) < 4.78 is 27.2. The molecule has 4 aromatic rings. The number of hydrogen-bond donors (Lipinski definition) is 2. The number of amides is 1. The molecule has 3 N–H and O–H groups in total. The third-order valence-electron chi connectivity index (χ3n) is 6.18. The highest BCUT2D eigenvalue weighted by molar-refractivity contribution is 5.90. The number of benzene rings is 2. The van der Waals surface area contributed by atoms with Gasteiger partial charge in [0.25, 0.3) is 0 Å². The SMILES string of the molecule is C[C@H](c1cc(F)ccc1O[C@@H](C)CN)N1CCc2cn3ncc(NC(=O)Oc4ccccc4)c3nc21. The molecule has 1 aliphatic rings. The van der Waals surface area contributed by atoms with Crippen molar-refractivity contribution in [2.75, 3.05) is 23.3 Å². The summed E-state index contributed by atoms with van der Waals surface area (Å²) in [5, 5.41) is 7.05. The van der Waals surface area contributed by atoms with Gasteiger partial charge in [-0.3, -0.25) is 5.32 Å². The molecular weight excluding hydrogens is 463 g/mol. The number of carbonyl (C=O) groups is 1. The molecule has 186 valence electrons. The molecule has 5 rings (SSSR count). The van der Waals surface area contributed by atoms with Crippen LogP contribution in [0.2, 0.25) is 0 Å². The maximum Gasteiger partial charge on any atom is 0.417 e. The largest absolute Gasteiger partial charge is 0.489 e. The third-order valence-corrected chi connectivity index (χ3v) is 6.18. The number of nitrogens with one attached hydrogen (secondary N) is 1. The Hall–Kier alpha value is -4.18. The molecule has 2 aromatic carbocycles. The van der Waals surface area contributed by atoms with Crippen LogP contribution in [0, 0.1) is 5.82 Å². The summed E-state index contributed by atoms with van der Waals surface area (Å²) in [6, 6.07) is 13.1. The van der Waals surface area contributed by atoms with Gasteiger partial charge in [0.05, 0.1) is 12.2 Å². The number of nitrogens with zero attached hydrogens (tertiary/aromatic N) is 4. The van der Waals surface area contributed by atoms with Crippen molar-refractivity contribution in [3.8, 4) is 11.5 Å².